The first-order valence-electron chi connectivity index (χ1n) is 10.7. The molecule has 1 aromatic heterocycles. The zero-order chi connectivity index (χ0) is 24.3. The number of ether oxygens (including phenoxy) is 2. The van der Waals surface area contributed by atoms with Gasteiger partial charge < -0.3 is 13.9 Å². The van der Waals surface area contributed by atoms with Crippen LogP contribution in [0, 0.1) is 12.8 Å². The maximum atomic E-state index is 12.9. The van der Waals surface area contributed by atoms with E-state index in [0.717, 1.165) is 5.56 Å². The van der Waals surface area contributed by atoms with Crippen LogP contribution in [0.2, 0.25) is 0 Å². The molecule has 1 amide bonds. The Balaban J connectivity index is 1.38. The summed E-state index contributed by atoms with van der Waals surface area (Å²) in [6.45, 7) is 2.42. The Bertz CT molecular complexity index is 1240. The predicted octanol–water partition coefficient (Wildman–Crippen LogP) is 3.10. The van der Waals surface area contributed by atoms with Gasteiger partial charge in [0.25, 0.3) is 0 Å². The van der Waals surface area contributed by atoms with Gasteiger partial charge >= 0.3 is 6.01 Å². The van der Waals surface area contributed by atoms with Gasteiger partial charge in [0, 0.05) is 30.6 Å². The van der Waals surface area contributed by atoms with Crippen molar-refractivity contribution in [3.05, 3.63) is 48.0 Å². The number of amides is 1. The number of aromatic nitrogens is 2. The lowest BCUT2D eigenvalue weighted by atomic mass is 9.97. The number of hydrogen-bond donors (Lipinski definition) is 1. The van der Waals surface area contributed by atoms with Crippen LogP contribution in [-0.2, 0) is 14.8 Å². The Morgan fingerprint density at radius 2 is 1.65 bits per heavy atom. The predicted molar refractivity (Wildman–Crippen MR) is 124 cm³/mol. The molecule has 0 atom stereocenters. The zero-order valence-electron chi connectivity index (χ0n) is 19.1. The fourth-order valence-electron chi connectivity index (χ4n) is 3.75. The molecular weight excluding hydrogens is 460 g/mol. The first-order chi connectivity index (χ1) is 16.3. The van der Waals surface area contributed by atoms with E-state index in [1.165, 1.54) is 18.5 Å². The van der Waals surface area contributed by atoms with Crippen molar-refractivity contribution in [3.8, 4) is 23.0 Å². The van der Waals surface area contributed by atoms with Crippen LogP contribution in [0.15, 0.2) is 51.8 Å². The van der Waals surface area contributed by atoms with Crippen molar-refractivity contribution < 1.29 is 27.1 Å². The van der Waals surface area contributed by atoms with Gasteiger partial charge in [-0.3, -0.25) is 10.1 Å². The second kappa shape index (κ2) is 9.82. The third-order valence-electron chi connectivity index (χ3n) is 5.74. The van der Waals surface area contributed by atoms with E-state index in [2.05, 4.69) is 15.5 Å². The molecule has 0 spiro atoms. The molecule has 0 radical (unpaired) electrons. The van der Waals surface area contributed by atoms with Gasteiger partial charge in [-0.2, -0.15) is 4.31 Å². The first kappa shape index (κ1) is 23.7. The number of carbonyl (C=O) groups is 1. The number of sulfonamides is 1. The van der Waals surface area contributed by atoms with Gasteiger partial charge in [0.15, 0.2) is 0 Å². The molecule has 11 heteroatoms. The standard InChI is InChI=1S/C23H26N4O6S/c1-15-4-6-20(7-5-15)34(29,30)27-10-8-16(9-11-27)21(28)24-23-26-25-22(33-23)17-12-18(31-2)14-19(13-17)32-3/h4-7,12-14,16H,8-11H2,1-3H3,(H,24,26,28). The van der Waals surface area contributed by atoms with Crippen LogP contribution in [0.5, 0.6) is 11.5 Å². The van der Waals surface area contributed by atoms with Gasteiger partial charge in [-0.1, -0.05) is 22.8 Å². The Kier molecular flexibility index (Phi) is 6.85. The molecule has 1 fully saturated rings. The number of benzene rings is 2. The van der Waals surface area contributed by atoms with E-state index >= 15 is 0 Å². The lowest BCUT2D eigenvalue weighted by Crippen LogP contribution is -2.41. The molecule has 3 aromatic rings. The van der Waals surface area contributed by atoms with E-state index in [9.17, 15) is 13.2 Å². The number of anilines is 1. The van der Waals surface area contributed by atoms with Crippen molar-refractivity contribution >= 4 is 21.9 Å². The maximum absolute atomic E-state index is 12.9. The summed E-state index contributed by atoms with van der Waals surface area (Å²) >= 11 is 0. The van der Waals surface area contributed by atoms with E-state index in [0.29, 0.717) is 29.9 Å². The van der Waals surface area contributed by atoms with E-state index in [-0.39, 0.29) is 41.7 Å². The third-order valence-corrected chi connectivity index (χ3v) is 7.65. The fraction of sp³-hybridized carbons (Fsp3) is 0.348. The molecule has 1 aliphatic rings. The lowest BCUT2D eigenvalue weighted by molar-refractivity contribution is -0.121. The second-order valence-corrected chi connectivity index (χ2v) is 9.93. The van der Waals surface area contributed by atoms with Gasteiger partial charge in [-0.25, -0.2) is 8.42 Å². The SMILES string of the molecule is COc1cc(OC)cc(-c2nnc(NC(=O)C3CCN(S(=O)(=O)c4ccc(C)cc4)CC3)o2)c1. The molecule has 1 aliphatic heterocycles. The lowest BCUT2D eigenvalue weighted by Gasteiger charge is -2.30. The van der Waals surface area contributed by atoms with Crippen LogP contribution < -0.4 is 14.8 Å². The summed E-state index contributed by atoms with van der Waals surface area (Å²) in [5.74, 6) is 0.671. The summed E-state index contributed by atoms with van der Waals surface area (Å²) in [5.41, 5.74) is 1.57. The number of rotatable bonds is 7. The minimum atomic E-state index is -3.59. The number of nitrogens with zero attached hydrogens (tertiary/aromatic N) is 3. The molecular formula is C23H26N4O6S. The van der Waals surface area contributed by atoms with Gasteiger partial charge in [0.05, 0.1) is 19.1 Å². The highest BCUT2D eigenvalue weighted by atomic mass is 32.2. The Morgan fingerprint density at radius 1 is 1.03 bits per heavy atom. The molecule has 180 valence electrons. The van der Waals surface area contributed by atoms with Crippen LogP contribution in [-0.4, -0.2) is 56.1 Å². The highest BCUT2D eigenvalue weighted by molar-refractivity contribution is 7.89. The molecule has 1 saturated heterocycles. The Labute approximate surface area is 197 Å². The molecule has 2 aromatic carbocycles. The molecule has 4 rings (SSSR count). The van der Waals surface area contributed by atoms with Crippen molar-refractivity contribution in [1.29, 1.82) is 0 Å². The smallest absolute Gasteiger partial charge is 0.322 e. The quantitative estimate of drug-likeness (QED) is 0.540. The number of hydrogen-bond acceptors (Lipinski definition) is 8. The minimum Gasteiger partial charge on any atom is -0.497 e. The molecule has 1 N–H and O–H groups in total. The second-order valence-electron chi connectivity index (χ2n) is 7.99. The average molecular weight is 487 g/mol. The molecule has 2 heterocycles. The minimum absolute atomic E-state index is 0.0310. The van der Waals surface area contributed by atoms with Gasteiger partial charge in [-0.15, -0.1) is 5.10 Å². The van der Waals surface area contributed by atoms with Crippen molar-refractivity contribution in [2.75, 3.05) is 32.6 Å². The molecule has 0 saturated carbocycles. The number of nitrogens with one attached hydrogen (secondary N) is 1. The molecule has 34 heavy (non-hydrogen) atoms. The summed E-state index contributed by atoms with van der Waals surface area (Å²) in [7, 11) is -0.511. The normalized spacial score (nSPS) is 15.1. The molecule has 0 unspecified atom stereocenters. The fourth-order valence-corrected chi connectivity index (χ4v) is 5.22. The van der Waals surface area contributed by atoms with E-state index in [4.69, 9.17) is 13.9 Å². The molecule has 0 bridgehead atoms. The topological polar surface area (TPSA) is 124 Å². The van der Waals surface area contributed by atoms with Crippen molar-refractivity contribution in [2.24, 2.45) is 5.92 Å². The summed E-state index contributed by atoms with van der Waals surface area (Å²) in [6.07, 6.45) is 0.788. The summed E-state index contributed by atoms with van der Waals surface area (Å²) in [5, 5.41) is 10.5. The van der Waals surface area contributed by atoms with Gasteiger partial charge in [0.1, 0.15) is 11.5 Å². The average Bonchev–Trinajstić information content (AvgIpc) is 3.32. The Morgan fingerprint density at radius 3 is 2.24 bits per heavy atom. The third kappa shape index (κ3) is 5.05. The van der Waals surface area contributed by atoms with Gasteiger partial charge in [-0.05, 0) is 44.0 Å². The zero-order valence-corrected chi connectivity index (χ0v) is 20.0. The van der Waals surface area contributed by atoms with Crippen LogP contribution in [0.4, 0.5) is 6.01 Å². The van der Waals surface area contributed by atoms with Gasteiger partial charge in [0.2, 0.25) is 21.8 Å². The van der Waals surface area contributed by atoms with E-state index < -0.39 is 10.0 Å². The van der Waals surface area contributed by atoms with E-state index in [1.54, 1.807) is 42.5 Å². The number of aryl methyl sites for hydroxylation is 1. The van der Waals surface area contributed by atoms with Crippen LogP contribution in [0.1, 0.15) is 18.4 Å². The van der Waals surface area contributed by atoms with Crippen molar-refractivity contribution in [3.63, 3.8) is 0 Å². The van der Waals surface area contributed by atoms with Crippen LogP contribution >= 0.6 is 0 Å². The molecule has 0 aliphatic carbocycles. The number of methoxy groups -OCH3 is 2. The first-order valence-corrected chi connectivity index (χ1v) is 12.2. The summed E-state index contributed by atoms with van der Waals surface area (Å²) in [6, 6.07) is 11.9. The monoisotopic (exact) mass is 486 g/mol. The number of piperidine rings is 1. The van der Waals surface area contributed by atoms with Crippen LogP contribution in [0.25, 0.3) is 11.5 Å². The van der Waals surface area contributed by atoms with Crippen molar-refractivity contribution in [1.82, 2.24) is 14.5 Å². The van der Waals surface area contributed by atoms with E-state index in [1.807, 2.05) is 6.92 Å². The highest BCUT2D eigenvalue weighted by Gasteiger charge is 2.32. The number of carbonyl (C=O) groups excluding carboxylic acids is 1. The molecule has 10 nitrogen and oxygen atoms in total. The maximum Gasteiger partial charge on any atom is 0.322 e. The summed E-state index contributed by atoms with van der Waals surface area (Å²) in [4.78, 5) is 13.0. The van der Waals surface area contributed by atoms with Crippen molar-refractivity contribution in [2.45, 2.75) is 24.7 Å². The van der Waals surface area contributed by atoms with Crippen LogP contribution in [0.3, 0.4) is 0 Å². The Hall–Kier alpha value is -3.44. The highest BCUT2D eigenvalue weighted by Crippen LogP contribution is 2.30. The largest absolute Gasteiger partial charge is 0.497 e. The summed E-state index contributed by atoms with van der Waals surface area (Å²) < 4.78 is 43.3.